The van der Waals surface area contributed by atoms with Crippen molar-refractivity contribution in [3.8, 4) is 0 Å². The van der Waals surface area contributed by atoms with Crippen LogP contribution in [0.4, 0.5) is 0 Å². The molecule has 0 aliphatic carbocycles. The molecule has 2 heterocycles. The average molecular weight is 296 g/mol. The van der Waals surface area contributed by atoms with E-state index in [4.69, 9.17) is 11.6 Å². The molecule has 0 unspecified atom stereocenters. The Kier molecular flexibility index (Phi) is 4.44. The quantitative estimate of drug-likeness (QED) is 0.848. The second kappa shape index (κ2) is 6.09. The SMILES string of the molecule is CCn1ccc(CN(C)C(=O)c2c(Cl)cnn2CC)n1. The summed E-state index contributed by atoms with van der Waals surface area (Å²) >= 11 is 6.04. The van der Waals surface area contributed by atoms with Gasteiger partial charge in [-0.2, -0.15) is 10.2 Å². The number of aryl methyl sites for hydroxylation is 2. The molecular weight excluding hydrogens is 278 g/mol. The number of hydrogen-bond donors (Lipinski definition) is 0. The van der Waals surface area contributed by atoms with E-state index in [2.05, 4.69) is 10.2 Å². The molecule has 2 aromatic heterocycles. The molecule has 20 heavy (non-hydrogen) atoms. The summed E-state index contributed by atoms with van der Waals surface area (Å²) < 4.78 is 3.43. The molecule has 2 rings (SSSR count). The van der Waals surface area contributed by atoms with E-state index in [0.717, 1.165) is 12.2 Å². The van der Waals surface area contributed by atoms with Crippen molar-refractivity contribution >= 4 is 17.5 Å². The van der Waals surface area contributed by atoms with Crippen LogP contribution in [0.5, 0.6) is 0 Å². The van der Waals surface area contributed by atoms with Crippen LogP contribution in [-0.2, 0) is 19.6 Å². The summed E-state index contributed by atoms with van der Waals surface area (Å²) in [5.74, 6) is -0.152. The van der Waals surface area contributed by atoms with E-state index >= 15 is 0 Å². The number of nitrogens with zero attached hydrogens (tertiary/aromatic N) is 5. The topological polar surface area (TPSA) is 56.0 Å². The smallest absolute Gasteiger partial charge is 0.273 e. The van der Waals surface area contributed by atoms with Crippen molar-refractivity contribution in [3.05, 3.63) is 34.9 Å². The van der Waals surface area contributed by atoms with Crippen LogP contribution in [0.2, 0.25) is 5.02 Å². The minimum atomic E-state index is -0.152. The molecule has 6 nitrogen and oxygen atoms in total. The Balaban J connectivity index is 2.14. The van der Waals surface area contributed by atoms with E-state index in [1.165, 1.54) is 6.20 Å². The summed E-state index contributed by atoms with van der Waals surface area (Å²) in [6.07, 6.45) is 3.40. The molecule has 0 saturated heterocycles. The number of carbonyl (C=O) groups excluding carboxylic acids is 1. The molecule has 2 aromatic rings. The van der Waals surface area contributed by atoms with Crippen molar-refractivity contribution in [1.29, 1.82) is 0 Å². The number of hydrogen-bond acceptors (Lipinski definition) is 3. The van der Waals surface area contributed by atoms with Gasteiger partial charge in [-0.1, -0.05) is 11.6 Å². The van der Waals surface area contributed by atoms with Gasteiger partial charge in [0.2, 0.25) is 0 Å². The summed E-state index contributed by atoms with van der Waals surface area (Å²) in [6.45, 7) is 5.80. The lowest BCUT2D eigenvalue weighted by molar-refractivity contribution is 0.0771. The van der Waals surface area contributed by atoms with E-state index in [-0.39, 0.29) is 5.91 Å². The van der Waals surface area contributed by atoms with Gasteiger partial charge in [-0.3, -0.25) is 14.2 Å². The van der Waals surface area contributed by atoms with E-state index in [0.29, 0.717) is 23.8 Å². The number of amides is 1. The third-order valence-corrected chi connectivity index (χ3v) is 3.34. The lowest BCUT2D eigenvalue weighted by atomic mass is 10.3. The highest BCUT2D eigenvalue weighted by Gasteiger charge is 2.21. The Morgan fingerprint density at radius 3 is 2.75 bits per heavy atom. The standard InChI is InChI=1S/C13H18ClN5O/c1-4-18-7-6-10(16-18)9-17(3)13(20)12-11(14)8-15-19(12)5-2/h6-8H,4-5,9H2,1-3H3. The van der Waals surface area contributed by atoms with Crippen molar-refractivity contribution < 1.29 is 4.79 Å². The van der Waals surface area contributed by atoms with E-state index < -0.39 is 0 Å². The van der Waals surface area contributed by atoms with Crippen LogP contribution in [0.3, 0.4) is 0 Å². The van der Waals surface area contributed by atoms with Gasteiger partial charge in [0.25, 0.3) is 5.91 Å². The van der Waals surface area contributed by atoms with Gasteiger partial charge in [0, 0.05) is 26.3 Å². The first-order chi connectivity index (χ1) is 9.56. The van der Waals surface area contributed by atoms with Crippen LogP contribution >= 0.6 is 11.6 Å². The zero-order valence-electron chi connectivity index (χ0n) is 11.9. The van der Waals surface area contributed by atoms with Crippen LogP contribution in [0.1, 0.15) is 30.0 Å². The first-order valence-electron chi connectivity index (χ1n) is 6.55. The van der Waals surface area contributed by atoms with Crippen LogP contribution in [0.15, 0.2) is 18.5 Å². The van der Waals surface area contributed by atoms with Crippen molar-refractivity contribution in [2.45, 2.75) is 33.5 Å². The normalized spacial score (nSPS) is 10.8. The highest BCUT2D eigenvalue weighted by atomic mass is 35.5. The summed E-state index contributed by atoms with van der Waals surface area (Å²) in [5, 5.41) is 8.82. The molecule has 108 valence electrons. The highest BCUT2D eigenvalue weighted by Crippen LogP contribution is 2.17. The lowest BCUT2D eigenvalue weighted by Gasteiger charge is -2.16. The summed E-state index contributed by atoms with van der Waals surface area (Å²) in [7, 11) is 1.73. The van der Waals surface area contributed by atoms with Gasteiger partial charge in [0.1, 0.15) is 5.69 Å². The molecule has 1 amide bonds. The van der Waals surface area contributed by atoms with E-state index in [1.807, 2.05) is 30.8 Å². The Labute approximate surface area is 122 Å². The van der Waals surface area contributed by atoms with Gasteiger partial charge >= 0.3 is 0 Å². The molecule has 0 fully saturated rings. The minimum absolute atomic E-state index is 0.152. The average Bonchev–Trinajstić information content (AvgIpc) is 3.04. The summed E-state index contributed by atoms with van der Waals surface area (Å²) in [6, 6.07) is 1.91. The third-order valence-electron chi connectivity index (χ3n) is 3.06. The van der Waals surface area contributed by atoms with Gasteiger partial charge in [-0.15, -0.1) is 0 Å². The molecular formula is C13H18ClN5O. The Bertz CT molecular complexity index is 604. The lowest BCUT2D eigenvalue weighted by Crippen LogP contribution is -2.29. The second-order valence-corrected chi connectivity index (χ2v) is 4.89. The maximum atomic E-state index is 12.4. The number of rotatable bonds is 5. The largest absolute Gasteiger partial charge is 0.334 e. The fraction of sp³-hybridized carbons (Fsp3) is 0.462. The fourth-order valence-corrected chi connectivity index (χ4v) is 2.20. The molecule has 0 aliphatic rings. The van der Waals surface area contributed by atoms with Gasteiger partial charge in [-0.05, 0) is 19.9 Å². The Morgan fingerprint density at radius 2 is 2.15 bits per heavy atom. The predicted octanol–water partition coefficient (Wildman–Crippen LogP) is 2.04. The first kappa shape index (κ1) is 14.6. The van der Waals surface area contributed by atoms with Crippen molar-refractivity contribution in [1.82, 2.24) is 24.5 Å². The molecule has 0 spiro atoms. The molecule has 0 N–H and O–H groups in total. The minimum Gasteiger partial charge on any atom is -0.334 e. The Morgan fingerprint density at radius 1 is 1.40 bits per heavy atom. The Hall–Kier alpha value is -1.82. The van der Waals surface area contributed by atoms with Crippen molar-refractivity contribution in [2.75, 3.05) is 7.05 Å². The second-order valence-electron chi connectivity index (χ2n) is 4.48. The molecule has 7 heteroatoms. The fourth-order valence-electron chi connectivity index (χ4n) is 1.97. The number of carbonyl (C=O) groups is 1. The molecule has 0 saturated carbocycles. The zero-order chi connectivity index (χ0) is 14.7. The van der Waals surface area contributed by atoms with Crippen LogP contribution in [0, 0.1) is 0 Å². The maximum Gasteiger partial charge on any atom is 0.273 e. The number of halogens is 1. The van der Waals surface area contributed by atoms with Gasteiger partial charge in [-0.25, -0.2) is 0 Å². The van der Waals surface area contributed by atoms with Crippen molar-refractivity contribution in [3.63, 3.8) is 0 Å². The predicted molar refractivity (Wildman–Crippen MR) is 76.6 cm³/mol. The van der Waals surface area contributed by atoms with Crippen LogP contribution in [-0.4, -0.2) is 37.4 Å². The summed E-state index contributed by atoms with van der Waals surface area (Å²) in [5.41, 5.74) is 1.27. The van der Waals surface area contributed by atoms with Gasteiger partial charge < -0.3 is 4.90 Å². The molecule has 0 aliphatic heterocycles. The number of aromatic nitrogens is 4. The van der Waals surface area contributed by atoms with Gasteiger partial charge in [0.05, 0.1) is 23.5 Å². The molecule has 0 bridgehead atoms. The zero-order valence-corrected chi connectivity index (χ0v) is 12.6. The molecule has 0 atom stereocenters. The molecule has 0 radical (unpaired) electrons. The summed E-state index contributed by atoms with van der Waals surface area (Å²) in [4.78, 5) is 14.0. The van der Waals surface area contributed by atoms with Gasteiger partial charge in [0.15, 0.2) is 0 Å². The van der Waals surface area contributed by atoms with Crippen molar-refractivity contribution in [2.24, 2.45) is 0 Å². The van der Waals surface area contributed by atoms with Crippen LogP contribution in [0.25, 0.3) is 0 Å². The first-order valence-corrected chi connectivity index (χ1v) is 6.93. The maximum absolute atomic E-state index is 12.4. The highest BCUT2D eigenvalue weighted by molar-refractivity contribution is 6.33. The monoisotopic (exact) mass is 295 g/mol. The van der Waals surface area contributed by atoms with E-state index in [1.54, 1.807) is 16.6 Å². The van der Waals surface area contributed by atoms with Crippen LogP contribution < -0.4 is 0 Å². The molecule has 0 aromatic carbocycles. The van der Waals surface area contributed by atoms with E-state index in [9.17, 15) is 4.79 Å². The third kappa shape index (κ3) is 2.85.